The Kier molecular flexibility index (Phi) is 4.57. The molecular weight excluding hydrogens is 329 g/mol. The Morgan fingerprint density at radius 2 is 2.00 bits per heavy atom. The summed E-state index contributed by atoms with van der Waals surface area (Å²) in [6.07, 6.45) is 0.0901. The van der Waals surface area contributed by atoms with Crippen molar-refractivity contribution in [3.63, 3.8) is 0 Å². The Hall–Kier alpha value is -2.73. The first kappa shape index (κ1) is 16.1. The molecule has 0 bridgehead atoms. The summed E-state index contributed by atoms with van der Waals surface area (Å²) >= 11 is 1.33. The van der Waals surface area contributed by atoms with Crippen LogP contribution in [0.4, 0.5) is 10.1 Å². The van der Waals surface area contributed by atoms with E-state index in [1.54, 1.807) is 30.3 Å². The average Bonchev–Trinajstić information content (AvgIpc) is 2.97. The van der Waals surface area contributed by atoms with Gasteiger partial charge in [-0.25, -0.2) is 9.18 Å². The second-order valence-corrected chi connectivity index (χ2v) is 6.29. The van der Waals surface area contributed by atoms with Crippen molar-refractivity contribution < 1.29 is 18.7 Å². The third kappa shape index (κ3) is 3.60. The number of ether oxygens (including phenoxy) is 1. The summed E-state index contributed by atoms with van der Waals surface area (Å²) in [7, 11) is 1.34. The minimum Gasteiger partial charge on any atom is -0.465 e. The second kappa shape index (κ2) is 6.80. The predicted octanol–water partition coefficient (Wildman–Crippen LogP) is 4.01. The third-order valence-corrected chi connectivity index (χ3v) is 4.54. The second-order valence-electron chi connectivity index (χ2n) is 5.21. The number of hydrogen-bond acceptors (Lipinski definition) is 4. The minimum absolute atomic E-state index is 0.0901. The van der Waals surface area contributed by atoms with Gasteiger partial charge in [0.2, 0.25) is 5.91 Å². The van der Waals surface area contributed by atoms with Gasteiger partial charge in [-0.3, -0.25) is 4.79 Å². The topological polar surface area (TPSA) is 55.4 Å². The highest BCUT2D eigenvalue weighted by Gasteiger charge is 2.11. The molecule has 4 nitrogen and oxygen atoms in total. The molecule has 0 spiro atoms. The molecule has 3 rings (SSSR count). The van der Waals surface area contributed by atoms with E-state index in [2.05, 4.69) is 5.32 Å². The number of amides is 1. The highest BCUT2D eigenvalue weighted by Crippen LogP contribution is 2.28. The van der Waals surface area contributed by atoms with Crippen molar-refractivity contribution in [1.29, 1.82) is 0 Å². The van der Waals surface area contributed by atoms with E-state index in [-0.39, 0.29) is 24.1 Å². The molecule has 0 aliphatic rings. The molecule has 0 aliphatic heterocycles. The van der Waals surface area contributed by atoms with Crippen LogP contribution in [0.15, 0.2) is 48.5 Å². The van der Waals surface area contributed by atoms with Crippen LogP contribution in [-0.2, 0) is 16.0 Å². The lowest BCUT2D eigenvalue weighted by Gasteiger charge is -2.05. The van der Waals surface area contributed by atoms with Crippen molar-refractivity contribution >= 4 is 39.0 Å². The summed E-state index contributed by atoms with van der Waals surface area (Å²) in [5.74, 6) is -0.980. The molecule has 0 saturated heterocycles. The number of anilines is 1. The maximum Gasteiger partial charge on any atom is 0.348 e. The molecule has 0 saturated carbocycles. The van der Waals surface area contributed by atoms with Gasteiger partial charge in [-0.05, 0) is 47.3 Å². The number of nitrogens with one attached hydrogen (secondary N) is 1. The molecule has 0 aliphatic carbocycles. The quantitative estimate of drug-likeness (QED) is 0.728. The van der Waals surface area contributed by atoms with Crippen LogP contribution in [0.2, 0.25) is 0 Å². The number of carbonyl (C=O) groups excluding carboxylic acids is 2. The normalized spacial score (nSPS) is 10.6. The number of carbonyl (C=O) groups is 2. The summed E-state index contributed by atoms with van der Waals surface area (Å²) < 4.78 is 18.8. The molecule has 0 unspecified atom stereocenters. The zero-order valence-corrected chi connectivity index (χ0v) is 13.7. The first-order valence-electron chi connectivity index (χ1n) is 7.21. The van der Waals surface area contributed by atoms with E-state index in [0.29, 0.717) is 16.1 Å². The van der Waals surface area contributed by atoms with Crippen LogP contribution in [0.25, 0.3) is 10.1 Å². The molecule has 3 aromatic rings. The van der Waals surface area contributed by atoms with Gasteiger partial charge in [0.25, 0.3) is 0 Å². The van der Waals surface area contributed by atoms with Crippen LogP contribution < -0.4 is 5.32 Å². The summed E-state index contributed by atoms with van der Waals surface area (Å²) in [4.78, 5) is 24.2. The number of fused-ring (bicyclic) bond motifs is 1. The van der Waals surface area contributed by atoms with E-state index in [4.69, 9.17) is 4.74 Å². The first-order valence-corrected chi connectivity index (χ1v) is 8.03. The number of halogens is 1. The fraction of sp³-hybridized carbons (Fsp3) is 0.111. The monoisotopic (exact) mass is 343 g/mol. The van der Waals surface area contributed by atoms with Gasteiger partial charge in [-0.1, -0.05) is 12.1 Å². The summed E-state index contributed by atoms with van der Waals surface area (Å²) in [5.41, 5.74) is 1.23. The van der Waals surface area contributed by atoms with E-state index in [1.165, 1.54) is 30.6 Å². The van der Waals surface area contributed by atoms with Crippen molar-refractivity contribution in [2.75, 3.05) is 12.4 Å². The van der Waals surface area contributed by atoms with Crippen molar-refractivity contribution in [2.24, 2.45) is 0 Å². The molecule has 24 heavy (non-hydrogen) atoms. The average molecular weight is 343 g/mol. The van der Waals surface area contributed by atoms with Gasteiger partial charge in [0.05, 0.1) is 13.5 Å². The fourth-order valence-corrected chi connectivity index (χ4v) is 3.32. The number of esters is 1. The van der Waals surface area contributed by atoms with Crippen LogP contribution in [0, 0.1) is 5.82 Å². The lowest BCUT2D eigenvalue weighted by atomic mass is 10.1. The molecule has 1 heterocycles. The zero-order valence-electron chi connectivity index (χ0n) is 12.8. The van der Waals surface area contributed by atoms with Gasteiger partial charge in [0.15, 0.2) is 0 Å². The molecule has 0 fully saturated rings. The summed E-state index contributed by atoms with van der Waals surface area (Å²) in [6.45, 7) is 0. The third-order valence-electron chi connectivity index (χ3n) is 3.44. The lowest BCUT2D eigenvalue weighted by molar-refractivity contribution is -0.115. The van der Waals surface area contributed by atoms with Gasteiger partial charge >= 0.3 is 5.97 Å². The standard InChI is InChI=1S/C18H14FNO3S/c1-23-18(22)16-10-12-9-14(5-6-15(12)24-16)20-17(21)8-11-3-2-4-13(19)7-11/h2-7,9-10H,8H2,1H3,(H,20,21). The van der Waals surface area contributed by atoms with Crippen molar-refractivity contribution in [3.05, 3.63) is 64.8 Å². The molecule has 122 valence electrons. The number of thiophene rings is 1. The fourth-order valence-electron chi connectivity index (χ4n) is 2.36. The summed E-state index contributed by atoms with van der Waals surface area (Å²) in [5, 5.41) is 3.63. The van der Waals surface area contributed by atoms with Crippen molar-refractivity contribution in [2.45, 2.75) is 6.42 Å². The minimum atomic E-state index is -0.382. The Morgan fingerprint density at radius 3 is 2.75 bits per heavy atom. The first-order chi connectivity index (χ1) is 11.5. The van der Waals surface area contributed by atoms with E-state index in [1.807, 2.05) is 6.07 Å². The Bertz CT molecular complexity index is 920. The summed E-state index contributed by atoms with van der Waals surface area (Å²) in [6, 6.07) is 13.1. The van der Waals surface area contributed by atoms with E-state index >= 15 is 0 Å². The molecule has 2 aromatic carbocycles. The molecular formula is C18H14FNO3S. The van der Waals surface area contributed by atoms with Crippen LogP contribution in [0.5, 0.6) is 0 Å². The maximum atomic E-state index is 13.1. The van der Waals surface area contributed by atoms with Crippen molar-refractivity contribution in [1.82, 2.24) is 0 Å². The molecule has 1 aromatic heterocycles. The number of methoxy groups -OCH3 is 1. The number of hydrogen-bond donors (Lipinski definition) is 1. The molecule has 1 N–H and O–H groups in total. The van der Waals surface area contributed by atoms with E-state index in [0.717, 1.165) is 10.1 Å². The molecule has 0 radical (unpaired) electrons. The van der Waals surface area contributed by atoms with Gasteiger partial charge in [-0.15, -0.1) is 11.3 Å². The molecule has 1 amide bonds. The lowest BCUT2D eigenvalue weighted by Crippen LogP contribution is -2.14. The Morgan fingerprint density at radius 1 is 1.17 bits per heavy atom. The smallest absolute Gasteiger partial charge is 0.348 e. The highest BCUT2D eigenvalue weighted by molar-refractivity contribution is 7.20. The van der Waals surface area contributed by atoms with Crippen LogP contribution >= 0.6 is 11.3 Å². The van der Waals surface area contributed by atoms with Crippen LogP contribution in [0.1, 0.15) is 15.2 Å². The number of benzene rings is 2. The predicted molar refractivity (Wildman–Crippen MR) is 91.9 cm³/mol. The van der Waals surface area contributed by atoms with Crippen LogP contribution in [0.3, 0.4) is 0 Å². The molecule has 0 atom stereocenters. The van der Waals surface area contributed by atoms with Gasteiger partial charge < -0.3 is 10.1 Å². The Balaban J connectivity index is 1.74. The SMILES string of the molecule is COC(=O)c1cc2cc(NC(=O)Cc3cccc(F)c3)ccc2s1. The van der Waals surface area contributed by atoms with Gasteiger partial charge in [0, 0.05) is 10.4 Å². The highest BCUT2D eigenvalue weighted by atomic mass is 32.1. The number of rotatable bonds is 4. The van der Waals surface area contributed by atoms with Gasteiger partial charge in [-0.2, -0.15) is 0 Å². The van der Waals surface area contributed by atoms with E-state index < -0.39 is 0 Å². The largest absolute Gasteiger partial charge is 0.465 e. The molecule has 6 heteroatoms. The van der Waals surface area contributed by atoms with E-state index in [9.17, 15) is 14.0 Å². The van der Waals surface area contributed by atoms with Gasteiger partial charge in [0.1, 0.15) is 10.7 Å². The zero-order chi connectivity index (χ0) is 17.1. The maximum absolute atomic E-state index is 13.1. The van der Waals surface area contributed by atoms with Crippen LogP contribution in [-0.4, -0.2) is 19.0 Å². The Labute approximate surface area is 141 Å². The van der Waals surface area contributed by atoms with Crippen molar-refractivity contribution in [3.8, 4) is 0 Å².